The molecule has 0 unspecified atom stereocenters. The van der Waals surface area contributed by atoms with Crippen molar-refractivity contribution >= 4 is 6.09 Å². The summed E-state index contributed by atoms with van der Waals surface area (Å²) in [6.45, 7) is 9.70. The summed E-state index contributed by atoms with van der Waals surface area (Å²) >= 11 is 0. The summed E-state index contributed by atoms with van der Waals surface area (Å²) in [7, 11) is 0. The molecule has 1 amide bonds. The maximum atomic E-state index is 12.5. The highest BCUT2D eigenvalue weighted by atomic mass is 16.6. The van der Waals surface area contributed by atoms with Crippen LogP contribution in [0.5, 0.6) is 0 Å². The molecule has 0 spiro atoms. The third-order valence-corrected chi connectivity index (χ3v) is 6.66. The zero-order chi connectivity index (χ0) is 15.0. The number of nitrogens with zero attached hydrogens (tertiary/aromatic N) is 1. The molecule has 3 nitrogen and oxygen atoms in total. The first-order valence-corrected chi connectivity index (χ1v) is 7.90. The van der Waals surface area contributed by atoms with Crippen molar-refractivity contribution in [2.75, 3.05) is 0 Å². The number of carbonyl (C=O) groups excluding carboxylic acids is 1. The van der Waals surface area contributed by atoms with E-state index in [1.165, 1.54) is 11.1 Å². The second kappa shape index (κ2) is 3.63. The monoisotopic (exact) mass is 285 g/mol. The van der Waals surface area contributed by atoms with E-state index in [1.807, 2.05) is 4.90 Å². The topological polar surface area (TPSA) is 29.5 Å². The van der Waals surface area contributed by atoms with Crippen molar-refractivity contribution in [1.29, 1.82) is 0 Å². The molecule has 1 aromatic rings. The average molecular weight is 285 g/mol. The molecule has 0 N–H and O–H groups in total. The average Bonchev–Trinajstić information content (AvgIpc) is 2.74. The Hall–Kier alpha value is -1.51. The van der Waals surface area contributed by atoms with Gasteiger partial charge in [-0.15, -0.1) is 0 Å². The first-order valence-electron chi connectivity index (χ1n) is 7.90. The number of fused-ring (bicyclic) bond motifs is 1. The maximum absolute atomic E-state index is 12.5. The van der Waals surface area contributed by atoms with Gasteiger partial charge in [0.1, 0.15) is 5.60 Å². The molecule has 0 aromatic heterocycles. The minimum Gasteiger partial charge on any atom is -0.441 e. The second-order valence-corrected chi connectivity index (χ2v) is 7.80. The van der Waals surface area contributed by atoms with Crippen LogP contribution in [0.25, 0.3) is 0 Å². The molecule has 2 fully saturated rings. The Balaban J connectivity index is 1.98. The largest absolute Gasteiger partial charge is 0.441 e. The highest BCUT2D eigenvalue weighted by Gasteiger charge is 2.70. The van der Waals surface area contributed by atoms with Crippen molar-refractivity contribution in [2.45, 2.75) is 63.6 Å². The van der Waals surface area contributed by atoms with Crippen LogP contribution < -0.4 is 0 Å². The van der Waals surface area contributed by atoms with Gasteiger partial charge in [0.05, 0.1) is 12.1 Å². The van der Waals surface area contributed by atoms with Gasteiger partial charge in [0.15, 0.2) is 0 Å². The van der Waals surface area contributed by atoms with Crippen LogP contribution in [0.4, 0.5) is 4.79 Å². The zero-order valence-corrected chi connectivity index (χ0v) is 13.3. The normalized spacial score (nSPS) is 39.5. The number of rotatable bonds is 0. The highest BCUT2D eigenvalue weighted by molar-refractivity contribution is 5.74. The molecule has 21 heavy (non-hydrogen) atoms. The summed E-state index contributed by atoms with van der Waals surface area (Å²) < 4.78 is 5.84. The molecule has 112 valence electrons. The number of benzene rings is 1. The molecule has 2 heterocycles. The van der Waals surface area contributed by atoms with E-state index in [2.05, 4.69) is 52.0 Å². The fourth-order valence-corrected chi connectivity index (χ4v) is 5.32. The van der Waals surface area contributed by atoms with Gasteiger partial charge in [-0.25, -0.2) is 4.79 Å². The molecular weight excluding hydrogens is 262 g/mol. The summed E-state index contributed by atoms with van der Waals surface area (Å²) in [4.78, 5) is 14.5. The third kappa shape index (κ3) is 1.33. The SMILES string of the molecule is CC1(C)c2ccccc2CN2C(=O)O[C@@]3(C)CC[C@H]1[C@]23C. The van der Waals surface area contributed by atoms with Crippen LogP contribution in [-0.4, -0.2) is 22.1 Å². The molecule has 1 aromatic carbocycles. The summed E-state index contributed by atoms with van der Waals surface area (Å²) in [5.74, 6) is 0.421. The van der Waals surface area contributed by atoms with Gasteiger partial charge >= 0.3 is 6.09 Å². The van der Waals surface area contributed by atoms with E-state index >= 15 is 0 Å². The molecule has 3 heteroatoms. The Labute approximate surface area is 126 Å². The van der Waals surface area contributed by atoms with Crippen LogP contribution in [-0.2, 0) is 16.7 Å². The lowest BCUT2D eigenvalue weighted by Gasteiger charge is -2.45. The molecule has 3 atom stereocenters. The van der Waals surface area contributed by atoms with Gasteiger partial charge in [-0.3, -0.25) is 4.90 Å². The third-order valence-electron chi connectivity index (χ3n) is 6.66. The molecule has 2 aliphatic heterocycles. The van der Waals surface area contributed by atoms with Crippen LogP contribution >= 0.6 is 0 Å². The van der Waals surface area contributed by atoms with Crippen LogP contribution in [0.3, 0.4) is 0 Å². The van der Waals surface area contributed by atoms with Gasteiger partial charge in [0.2, 0.25) is 0 Å². The predicted molar refractivity (Wildman–Crippen MR) is 81.0 cm³/mol. The lowest BCUT2D eigenvalue weighted by Crippen LogP contribution is -2.57. The van der Waals surface area contributed by atoms with Gasteiger partial charge < -0.3 is 4.74 Å². The van der Waals surface area contributed by atoms with Crippen molar-refractivity contribution in [3.63, 3.8) is 0 Å². The lowest BCUT2D eigenvalue weighted by molar-refractivity contribution is 0.00545. The van der Waals surface area contributed by atoms with Crippen LogP contribution in [0.1, 0.15) is 51.7 Å². The Bertz CT molecular complexity index is 638. The van der Waals surface area contributed by atoms with Gasteiger partial charge in [0.25, 0.3) is 0 Å². The first-order chi connectivity index (χ1) is 9.81. The minimum absolute atomic E-state index is 0.0475. The molecule has 0 bridgehead atoms. The number of amides is 1. The molecular formula is C18H23NO2. The Morgan fingerprint density at radius 1 is 1.19 bits per heavy atom. The summed E-state index contributed by atoms with van der Waals surface area (Å²) in [6.07, 6.45) is 1.93. The Morgan fingerprint density at radius 2 is 1.90 bits per heavy atom. The number of hydrogen-bond acceptors (Lipinski definition) is 2. The molecule has 1 saturated carbocycles. The van der Waals surface area contributed by atoms with E-state index in [-0.39, 0.29) is 22.6 Å². The van der Waals surface area contributed by atoms with Gasteiger partial charge in [0, 0.05) is 0 Å². The molecule has 1 aliphatic carbocycles. The lowest BCUT2D eigenvalue weighted by atomic mass is 9.64. The van der Waals surface area contributed by atoms with E-state index in [0.29, 0.717) is 12.5 Å². The van der Waals surface area contributed by atoms with Crippen LogP contribution in [0.15, 0.2) is 24.3 Å². The van der Waals surface area contributed by atoms with Crippen molar-refractivity contribution in [3.05, 3.63) is 35.4 Å². The van der Waals surface area contributed by atoms with E-state index in [1.54, 1.807) is 0 Å². The highest BCUT2D eigenvalue weighted by Crippen LogP contribution is 2.61. The van der Waals surface area contributed by atoms with Crippen molar-refractivity contribution < 1.29 is 9.53 Å². The summed E-state index contributed by atoms with van der Waals surface area (Å²) in [6, 6.07) is 8.58. The van der Waals surface area contributed by atoms with Crippen LogP contribution in [0.2, 0.25) is 0 Å². The fourth-order valence-electron chi connectivity index (χ4n) is 5.32. The quantitative estimate of drug-likeness (QED) is 0.724. The predicted octanol–water partition coefficient (Wildman–Crippen LogP) is 3.86. The smallest absolute Gasteiger partial charge is 0.411 e. The molecule has 0 radical (unpaired) electrons. The standard InChI is InChI=1S/C18H23NO2/c1-16(2)13-8-6-5-7-12(13)11-19-15(20)21-17(3)10-9-14(16)18(17,19)4/h5-8,14H,9-11H2,1-4H3/t14-,17+,18+/m1/s1. The molecule has 3 aliphatic rings. The van der Waals surface area contributed by atoms with E-state index < -0.39 is 0 Å². The molecule has 4 rings (SSSR count). The molecule has 1 saturated heterocycles. The van der Waals surface area contributed by atoms with E-state index in [4.69, 9.17) is 4.74 Å². The first kappa shape index (κ1) is 13.2. The number of hydrogen-bond donors (Lipinski definition) is 0. The summed E-state index contributed by atoms with van der Waals surface area (Å²) in [5.41, 5.74) is 2.13. The van der Waals surface area contributed by atoms with Gasteiger partial charge in [-0.05, 0) is 49.1 Å². The van der Waals surface area contributed by atoms with Crippen molar-refractivity contribution in [3.8, 4) is 0 Å². The van der Waals surface area contributed by atoms with E-state index in [9.17, 15) is 4.79 Å². The fraction of sp³-hybridized carbons (Fsp3) is 0.611. The van der Waals surface area contributed by atoms with E-state index in [0.717, 1.165) is 12.8 Å². The van der Waals surface area contributed by atoms with Gasteiger partial charge in [-0.2, -0.15) is 0 Å². The second-order valence-electron chi connectivity index (χ2n) is 7.80. The number of ether oxygens (including phenoxy) is 1. The Morgan fingerprint density at radius 3 is 2.67 bits per heavy atom. The number of carbonyl (C=O) groups is 1. The Kier molecular flexibility index (Phi) is 2.28. The minimum atomic E-state index is -0.353. The zero-order valence-electron chi connectivity index (χ0n) is 13.3. The van der Waals surface area contributed by atoms with Crippen molar-refractivity contribution in [1.82, 2.24) is 4.90 Å². The van der Waals surface area contributed by atoms with Crippen molar-refractivity contribution in [2.24, 2.45) is 5.92 Å². The van der Waals surface area contributed by atoms with Gasteiger partial charge in [-0.1, -0.05) is 38.1 Å². The maximum Gasteiger partial charge on any atom is 0.411 e. The summed E-state index contributed by atoms with van der Waals surface area (Å²) in [5, 5.41) is 0. The van der Waals surface area contributed by atoms with Crippen LogP contribution in [0, 0.1) is 5.92 Å².